The fraction of sp³-hybridized carbons (Fsp3) is 0.0526. The highest BCUT2D eigenvalue weighted by atomic mass is 28.3. The van der Waals surface area contributed by atoms with E-state index in [1.54, 1.807) is 40.2 Å². The Morgan fingerprint density at radius 1 is 0.246 bits per heavy atom. The first-order valence-electron chi connectivity index (χ1n) is 42.8. The summed E-state index contributed by atoms with van der Waals surface area (Å²) in [6, 6.07) is 135. The third-order valence-corrected chi connectivity index (χ3v) is 37.3. The number of fused-ring (bicyclic) bond motifs is 21. The summed E-state index contributed by atoms with van der Waals surface area (Å²) in [5, 5.41) is 45.5. The summed E-state index contributed by atoms with van der Waals surface area (Å²) in [7, 11) is -5.70. The summed E-state index contributed by atoms with van der Waals surface area (Å²) in [5.74, 6) is 0. The van der Waals surface area contributed by atoms with Crippen LogP contribution in [0, 0.1) is 34.0 Å². The van der Waals surface area contributed by atoms with Gasteiger partial charge in [0.1, 0.15) is 53.8 Å². The number of hydrogen-bond donors (Lipinski definition) is 0. The van der Waals surface area contributed by atoms with E-state index in [9.17, 15) is 10.5 Å². The van der Waals surface area contributed by atoms with Gasteiger partial charge in [0.15, 0.2) is 0 Å². The number of benzene rings is 15. The Hall–Kier alpha value is -15.7. The minimum atomic E-state index is -1.90. The molecule has 0 aliphatic carbocycles. The Labute approximate surface area is 734 Å². The highest BCUT2D eigenvalue weighted by molar-refractivity contribution is 7.06. The summed E-state index contributed by atoms with van der Waals surface area (Å²) in [6.45, 7) is 15.0. The second kappa shape index (κ2) is 30.1. The van der Waals surface area contributed by atoms with Gasteiger partial charge in [-0.05, 0) is 236 Å². The maximum atomic E-state index is 9.61. The van der Waals surface area contributed by atoms with Gasteiger partial charge in [0, 0.05) is 90.9 Å². The Balaban J connectivity index is 0.000000112. The third kappa shape index (κ3) is 12.3. The first kappa shape index (κ1) is 76.4. The lowest BCUT2D eigenvalue weighted by atomic mass is 9.98. The zero-order chi connectivity index (χ0) is 85.3. The molecule has 0 N–H and O–H groups in total. The molecule has 126 heavy (non-hydrogen) atoms. The van der Waals surface area contributed by atoms with Crippen LogP contribution in [0.1, 0.15) is 17.0 Å². The molecule has 9 heterocycles. The largest absolute Gasteiger partial charge is 0.309 e. The lowest BCUT2D eigenvalue weighted by Gasteiger charge is -2.20. The van der Waals surface area contributed by atoms with Gasteiger partial charge in [-0.25, -0.2) is 9.97 Å². The Kier molecular flexibility index (Phi) is 18.3. The van der Waals surface area contributed by atoms with Crippen LogP contribution in [0.2, 0.25) is 39.3 Å². The molecule has 3 aliphatic rings. The van der Waals surface area contributed by atoms with Crippen LogP contribution >= 0.6 is 0 Å². The summed E-state index contributed by atoms with van der Waals surface area (Å²) in [5.41, 5.74) is 33.4. The molecule has 0 spiro atoms. The number of nitrogens with zero attached hydrogens (tertiary/aromatic N) is 9. The van der Waals surface area contributed by atoms with Gasteiger partial charge in [0.2, 0.25) is 0 Å². The van der Waals surface area contributed by atoms with Gasteiger partial charge in [-0.3, -0.25) is 4.98 Å². The number of rotatable bonds is 9. The van der Waals surface area contributed by atoms with E-state index in [-0.39, 0.29) is 0 Å². The topological polar surface area (TPSA) is 125 Å². The van der Waals surface area contributed by atoms with E-state index in [0.29, 0.717) is 17.0 Å². The van der Waals surface area contributed by atoms with Crippen molar-refractivity contribution >= 4 is 121 Å². The quantitative estimate of drug-likeness (QED) is 0.133. The van der Waals surface area contributed by atoms with E-state index in [4.69, 9.17) is 5.26 Å². The normalized spacial score (nSPS) is 13.2. The summed E-state index contributed by atoms with van der Waals surface area (Å²) >= 11 is 0. The predicted molar refractivity (Wildman–Crippen MR) is 529 cm³/mol. The van der Waals surface area contributed by atoms with Crippen molar-refractivity contribution in [1.29, 1.82) is 15.8 Å². The van der Waals surface area contributed by atoms with Crippen LogP contribution in [-0.4, -0.2) is 52.9 Å². The summed E-state index contributed by atoms with van der Waals surface area (Å²) in [4.78, 5) is 12.8. The molecule has 15 aromatic carbocycles. The molecular formula is C114H81N9Si3. The molecule has 6 aromatic heterocycles. The lowest BCUT2D eigenvalue weighted by Crippen LogP contribution is -2.49. The van der Waals surface area contributed by atoms with E-state index in [2.05, 4.69) is 408 Å². The lowest BCUT2D eigenvalue weighted by molar-refractivity contribution is 1.18. The molecule has 12 heteroatoms. The minimum absolute atomic E-state index is 0.425. The average Bonchev–Trinajstić information content (AvgIpc) is 1.55. The van der Waals surface area contributed by atoms with Gasteiger partial charge in [-0.15, -0.1) is 0 Å². The maximum absolute atomic E-state index is 9.61. The van der Waals surface area contributed by atoms with E-state index in [1.807, 2.05) is 36.5 Å². The van der Waals surface area contributed by atoms with E-state index in [1.165, 1.54) is 114 Å². The number of aromatic nitrogens is 6. The Bertz CT molecular complexity index is 8260. The highest BCUT2D eigenvalue weighted by Crippen LogP contribution is 2.45. The van der Waals surface area contributed by atoms with Crippen LogP contribution in [0.4, 0.5) is 0 Å². The fourth-order valence-corrected chi connectivity index (χ4v) is 31.3. The SMILES string of the molecule is C[Si]1(C)c2ccccc2-c2ccc3c(c21)c1ccccc1n3-c1cccc(-c2cccc(-c3ccc(C#N)nc3)c2)c1.C[Si]1(C)c2ccccc2-c2ccc3c(c21)c1ccccc1n3-c1cccc(-c2cccc(-c3cccnc3C#N)c2)c1.C[Si]1(C)c2ccccc2-c2ccc3c(c21)c1ccccc1n3-c1cccc(-c2cccc(-c3cncc(C#N)c3)c2)c1. The molecule has 0 saturated heterocycles. The molecule has 3 aliphatic heterocycles. The van der Waals surface area contributed by atoms with E-state index >= 15 is 0 Å². The monoisotopic (exact) mass is 1660 g/mol. The molecule has 0 atom stereocenters. The molecule has 0 fully saturated rings. The van der Waals surface area contributed by atoms with Crippen LogP contribution < -0.4 is 31.1 Å². The molecular weight excluding hydrogens is 1580 g/mol. The van der Waals surface area contributed by atoms with Gasteiger partial charge in [0.25, 0.3) is 0 Å². The van der Waals surface area contributed by atoms with E-state index < -0.39 is 24.2 Å². The van der Waals surface area contributed by atoms with Gasteiger partial charge < -0.3 is 13.7 Å². The van der Waals surface area contributed by atoms with Crippen LogP contribution in [0.3, 0.4) is 0 Å². The average molecular weight is 1660 g/mol. The summed E-state index contributed by atoms with van der Waals surface area (Å²) < 4.78 is 7.31. The van der Waals surface area contributed by atoms with Crippen molar-refractivity contribution in [3.63, 3.8) is 0 Å². The number of para-hydroxylation sites is 3. The smallest absolute Gasteiger partial charge is 0.148 e. The molecule has 0 amide bonds. The van der Waals surface area contributed by atoms with Crippen molar-refractivity contribution in [2.45, 2.75) is 39.3 Å². The van der Waals surface area contributed by atoms with Crippen LogP contribution in [-0.2, 0) is 0 Å². The van der Waals surface area contributed by atoms with E-state index in [0.717, 1.165) is 83.8 Å². The number of nitriles is 3. The van der Waals surface area contributed by atoms with Crippen molar-refractivity contribution in [3.05, 3.63) is 400 Å². The Morgan fingerprint density at radius 2 is 0.603 bits per heavy atom. The molecule has 24 rings (SSSR count). The number of hydrogen-bond acceptors (Lipinski definition) is 6. The standard InChI is InChI=1S/3C38H27N3Si/c1-42(2)36-18-6-4-14-30(36)31-19-20-35-37(38(31)42)32-15-3-5-17-34(32)41(35)28-13-8-11-26(23-28)25-10-7-12-27(22-25)29-16-9-21-40-33(29)24-39;1-42(2)36-16-6-4-13-31(36)32-17-18-35-37(38(32)42)33-14-3-5-15-34(33)41(35)30-12-8-11-28(21-30)26-9-7-10-27(20-26)29-19-25(22-39)23-40-24-29;1-42(2)36-16-6-4-13-31(36)32-19-20-35-37(38(32)42)33-14-3-5-15-34(33)41(35)30-12-8-11-27(22-30)25-9-7-10-26(21-25)28-17-18-29(23-39)40-24-28/h3-23H,1-2H3;3-21,23-24H,1-2H3;3-22,24H,1-2H3. The van der Waals surface area contributed by atoms with Gasteiger partial charge >= 0.3 is 0 Å². The zero-order valence-electron chi connectivity index (χ0n) is 70.4. The van der Waals surface area contributed by atoms with Gasteiger partial charge in [0.05, 0.1) is 38.7 Å². The molecule has 0 bridgehead atoms. The first-order valence-corrected chi connectivity index (χ1v) is 51.8. The zero-order valence-corrected chi connectivity index (χ0v) is 73.4. The molecule has 9 nitrogen and oxygen atoms in total. The van der Waals surface area contributed by atoms with Gasteiger partial charge in [-0.1, -0.05) is 276 Å². The van der Waals surface area contributed by atoms with Crippen LogP contribution in [0.25, 0.3) is 183 Å². The molecule has 0 unspecified atom stereocenters. The highest BCUT2D eigenvalue weighted by Gasteiger charge is 2.43. The minimum Gasteiger partial charge on any atom is -0.309 e. The van der Waals surface area contributed by atoms with Crippen molar-refractivity contribution in [2.75, 3.05) is 0 Å². The maximum Gasteiger partial charge on any atom is 0.148 e. The van der Waals surface area contributed by atoms with Crippen molar-refractivity contribution in [1.82, 2.24) is 28.7 Å². The van der Waals surface area contributed by atoms with Crippen LogP contribution in [0.15, 0.2) is 383 Å². The second-order valence-electron chi connectivity index (χ2n) is 34.7. The predicted octanol–water partition coefficient (Wildman–Crippen LogP) is 24.6. The van der Waals surface area contributed by atoms with Crippen molar-refractivity contribution < 1.29 is 0 Å². The number of pyridine rings is 3. The third-order valence-electron chi connectivity index (χ3n) is 26.6. The fourth-order valence-electron chi connectivity index (χ4n) is 20.9. The van der Waals surface area contributed by atoms with Crippen molar-refractivity contribution in [3.8, 4) is 135 Å². The summed E-state index contributed by atoms with van der Waals surface area (Å²) in [6.07, 6.45) is 6.85. The molecule has 0 saturated carbocycles. The Morgan fingerprint density at radius 3 is 1.00 bits per heavy atom. The molecule has 0 radical (unpaired) electrons. The first-order chi connectivity index (χ1) is 61.6. The molecule has 594 valence electrons. The second-order valence-corrected chi connectivity index (χ2v) is 47.6. The van der Waals surface area contributed by atoms with Gasteiger partial charge in [-0.2, -0.15) is 15.8 Å². The van der Waals surface area contributed by atoms with Crippen molar-refractivity contribution in [2.24, 2.45) is 0 Å². The van der Waals surface area contributed by atoms with Crippen LogP contribution in [0.5, 0.6) is 0 Å². The molecule has 21 aromatic rings.